The van der Waals surface area contributed by atoms with Gasteiger partial charge in [0.25, 0.3) is 0 Å². The maximum Gasteiger partial charge on any atom is 0.117 e. The Kier molecular flexibility index (Phi) is 4.70. The third-order valence-corrected chi connectivity index (χ3v) is 2.38. The lowest BCUT2D eigenvalue weighted by molar-refractivity contribution is 0.225. The highest BCUT2D eigenvalue weighted by atomic mass is 16.3. The number of hydrogen-bond donors (Lipinski definition) is 1. The molecule has 3 heteroatoms. The van der Waals surface area contributed by atoms with Crippen LogP contribution in [-0.2, 0) is 6.54 Å². The summed E-state index contributed by atoms with van der Waals surface area (Å²) in [5.74, 6) is 1.57. The van der Waals surface area contributed by atoms with Gasteiger partial charge in [0.05, 0.1) is 12.8 Å². The van der Waals surface area contributed by atoms with Crippen molar-refractivity contribution < 1.29 is 4.42 Å². The van der Waals surface area contributed by atoms with Crippen LogP contribution in [-0.4, -0.2) is 24.5 Å². The van der Waals surface area contributed by atoms with Crippen molar-refractivity contribution in [3.05, 3.63) is 24.2 Å². The van der Waals surface area contributed by atoms with Crippen molar-refractivity contribution in [3.63, 3.8) is 0 Å². The molecule has 0 fully saturated rings. The summed E-state index contributed by atoms with van der Waals surface area (Å²) >= 11 is 0. The Labute approximate surface area is 85.9 Å². The van der Waals surface area contributed by atoms with Crippen LogP contribution in [0.1, 0.15) is 19.6 Å². The van der Waals surface area contributed by atoms with Gasteiger partial charge in [-0.3, -0.25) is 4.90 Å². The molecule has 1 aromatic rings. The first-order valence-electron chi connectivity index (χ1n) is 5.21. The molecule has 1 rings (SSSR count). The monoisotopic (exact) mass is 196 g/mol. The second-order valence-electron chi connectivity index (χ2n) is 3.75. The SMILES string of the molecule is CCN(Cc1ccco1)CC(C)CN. The Balaban J connectivity index is 2.39. The zero-order chi connectivity index (χ0) is 10.4. The van der Waals surface area contributed by atoms with Crippen LogP contribution in [0.15, 0.2) is 22.8 Å². The van der Waals surface area contributed by atoms with Crippen LogP contribution >= 0.6 is 0 Å². The molecule has 1 atom stereocenters. The lowest BCUT2D eigenvalue weighted by Gasteiger charge is -2.22. The van der Waals surface area contributed by atoms with Crippen molar-refractivity contribution in [2.45, 2.75) is 20.4 Å². The molecule has 0 aliphatic heterocycles. The van der Waals surface area contributed by atoms with Crippen LogP contribution in [0, 0.1) is 5.92 Å². The molecule has 0 bridgehead atoms. The van der Waals surface area contributed by atoms with E-state index in [9.17, 15) is 0 Å². The predicted octanol–water partition coefficient (Wildman–Crippen LogP) is 1.70. The van der Waals surface area contributed by atoms with E-state index in [0.29, 0.717) is 5.92 Å². The van der Waals surface area contributed by atoms with Crippen LogP contribution < -0.4 is 5.73 Å². The van der Waals surface area contributed by atoms with E-state index in [1.54, 1.807) is 6.26 Å². The van der Waals surface area contributed by atoms with Gasteiger partial charge in [0.2, 0.25) is 0 Å². The first-order chi connectivity index (χ1) is 6.76. The smallest absolute Gasteiger partial charge is 0.117 e. The van der Waals surface area contributed by atoms with Gasteiger partial charge >= 0.3 is 0 Å². The summed E-state index contributed by atoms with van der Waals surface area (Å²) in [5.41, 5.74) is 5.60. The lowest BCUT2D eigenvalue weighted by Crippen LogP contribution is -2.31. The number of rotatable bonds is 6. The van der Waals surface area contributed by atoms with Crippen LogP contribution in [0.25, 0.3) is 0 Å². The minimum Gasteiger partial charge on any atom is -0.468 e. The number of nitrogens with zero attached hydrogens (tertiary/aromatic N) is 1. The van der Waals surface area contributed by atoms with E-state index in [4.69, 9.17) is 10.2 Å². The molecule has 1 heterocycles. The van der Waals surface area contributed by atoms with E-state index >= 15 is 0 Å². The van der Waals surface area contributed by atoms with E-state index < -0.39 is 0 Å². The lowest BCUT2D eigenvalue weighted by atomic mass is 10.1. The number of hydrogen-bond acceptors (Lipinski definition) is 3. The fraction of sp³-hybridized carbons (Fsp3) is 0.636. The molecule has 0 aliphatic carbocycles. The van der Waals surface area contributed by atoms with Crippen molar-refractivity contribution in [3.8, 4) is 0 Å². The van der Waals surface area contributed by atoms with Crippen LogP contribution in [0.5, 0.6) is 0 Å². The average molecular weight is 196 g/mol. The second-order valence-corrected chi connectivity index (χ2v) is 3.75. The molecule has 2 N–H and O–H groups in total. The van der Waals surface area contributed by atoms with Gasteiger partial charge < -0.3 is 10.2 Å². The number of nitrogens with two attached hydrogens (primary N) is 1. The molecule has 0 amide bonds. The van der Waals surface area contributed by atoms with Crippen LogP contribution in [0.2, 0.25) is 0 Å². The van der Waals surface area contributed by atoms with Gasteiger partial charge in [-0.1, -0.05) is 13.8 Å². The van der Waals surface area contributed by atoms with Crippen molar-refractivity contribution in [2.75, 3.05) is 19.6 Å². The summed E-state index contributed by atoms with van der Waals surface area (Å²) in [6.45, 7) is 8.03. The molecule has 0 aromatic carbocycles. The topological polar surface area (TPSA) is 42.4 Å². The molecule has 0 saturated carbocycles. The quantitative estimate of drug-likeness (QED) is 0.753. The van der Waals surface area contributed by atoms with Crippen molar-refractivity contribution >= 4 is 0 Å². The van der Waals surface area contributed by atoms with Gasteiger partial charge in [0, 0.05) is 6.54 Å². The van der Waals surface area contributed by atoms with E-state index in [2.05, 4.69) is 18.7 Å². The first-order valence-corrected chi connectivity index (χ1v) is 5.21. The fourth-order valence-corrected chi connectivity index (χ4v) is 1.44. The second kappa shape index (κ2) is 5.83. The Morgan fingerprint density at radius 3 is 2.86 bits per heavy atom. The van der Waals surface area contributed by atoms with Gasteiger partial charge in [-0.05, 0) is 31.1 Å². The predicted molar refractivity (Wildman–Crippen MR) is 57.9 cm³/mol. The van der Waals surface area contributed by atoms with E-state index in [1.165, 1.54) is 0 Å². The zero-order valence-corrected chi connectivity index (χ0v) is 9.07. The maximum absolute atomic E-state index is 5.60. The molecule has 80 valence electrons. The Morgan fingerprint density at radius 1 is 1.57 bits per heavy atom. The molecule has 0 radical (unpaired) electrons. The van der Waals surface area contributed by atoms with Crippen molar-refractivity contribution in [2.24, 2.45) is 11.7 Å². The van der Waals surface area contributed by atoms with E-state index in [1.807, 2.05) is 12.1 Å². The fourth-order valence-electron chi connectivity index (χ4n) is 1.44. The van der Waals surface area contributed by atoms with Crippen LogP contribution in [0.4, 0.5) is 0 Å². The third kappa shape index (κ3) is 3.52. The number of furan rings is 1. The zero-order valence-electron chi connectivity index (χ0n) is 9.07. The van der Waals surface area contributed by atoms with Gasteiger partial charge in [-0.25, -0.2) is 0 Å². The highest BCUT2D eigenvalue weighted by Gasteiger charge is 2.08. The summed E-state index contributed by atoms with van der Waals surface area (Å²) in [6, 6.07) is 3.94. The summed E-state index contributed by atoms with van der Waals surface area (Å²) in [7, 11) is 0. The summed E-state index contributed by atoms with van der Waals surface area (Å²) in [6.07, 6.45) is 1.72. The molecule has 0 spiro atoms. The first kappa shape index (κ1) is 11.3. The molecular weight excluding hydrogens is 176 g/mol. The average Bonchev–Trinajstić information content (AvgIpc) is 2.69. The highest BCUT2D eigenvalue weighted by molar-refractivity contribution is 4.97. The maximum atomic E-state index is 5.60. The van der Waals surface area contributed by atoms with Gasteiger partial charge in [0.1, 0.15) is 5.76 Å². The Hall–Kier alpha value is -0.800. The molecule has 14 heavy (non-hydrogen) atoms. The standard InChI is InChI=1S/C11H20N2O/c1-3-13(8-10(2)7-12)9-11-5-4-6-14-11/h4-6,10H,3,7-9,12H2,1-2H3. The Morgan fingerprint density at radius 2 is 2.36 bits per heavy atom. The van der Waals surface area contributed by atoms with E-state index in [0.717, 1.165) is 31.9 Å². The highest BCUT2D eigenvalue weighted by Crippen LogP contribution is 2.07. The Bertz CT molecular complexity index is 233. The van der Waals surface area contributed by atoms with Gasteiger partial charge in [0.15, 0.2) is 0 Å². The molecule has 1 aromatic heterocycles. The molecular formula is C11H20N2O. The van der Waals surface area contributed by atoms with Gasteiger partial charge in [-0.2, -0.15) is 0 Å². The van der Waals surface area contributed by atoms with Crippen LogP contribution in [0.3, 0.4) is 0 Å². The van der Waals surface area contributed by atoms with Crippen molar-refractivity contribution in [1.82, 2.24) is 4.90 Å². The summed E-state index contributed by atoms with van der Waals surface area (Å²) in [4.78, 5) is 2.34. The largest absolute Gasteiger partial charge is 0.468 e. The molecule has 1 unspecified atom stereocenters. The normalized spacial score (nSPS) is 13.4. The van der Waals surface area contributed by atoms with E-state index in [-0.39, 0.29) is 0 Å². The summed E-state index contributed by atoms with van der Waals surface area (Å²) in [5, 5.41) is 0. The summed E-state index contributed by atoms with van der Waals surface area (Å²) < 4.78 is 5.31. The molecule has 3 nitrogen and oxygen atoms in total. The van der Waals surface area contributed by atoms with Gasteiger partial charge in [-0.15, -0.1) is 0 Å². The molecule has 0 saturated heterocycles. The van der Waals surface area contributed by atoms with Crippen molar-refractivity contribution in [1.29, 1.82) is 0 Å². The minimum absolute atomic E-state index is 0.546. The third-order valence-electron chi connectivity index (χ3n) is 2.38. The minimum atomic E-state index is 0.546. The molecule has 0 aliphatic rings.